The molecule has 2 unspecified atom stereocenters. The maximum Gasteiger partial charge on any atom is 0.231 e. The van der Waals surface area contributed by atoms with Crippen LogP contribution in [0.3, 0.4) is 0 Å². The fourth-order valence-corrected chi connectivity index (χ4v) is 4.10. The number of anilines is 2. The molecule has 2 amide bonds. The van der Waals surface area contributed by atoms with E-state index in [0.29, 0.717) is 24.4 Å². The van der Waals surface area contributed by atoms with E-state index in [1.807, 2.05) is 61.5 Å². The lowest BCUT2D eigenvalue weighted by atomic mass is 9.82. The fraction of sp³-hybridized carbons (Fsp3) is 0.240. The Morgan fingerprint density at radius 3 is 2.52 bits per heavy atom. The third-order valence-corrected chi connectivity index (χ3v) is 5.62. The molecule has 0 spiro atoms. The lowest BCUT2D eigenvalue weighted by Gasteiger charge is -2.41. The van der Waals surface area contributed by atoms with Crippen molar-refractivity contribution >= 4 is 23.3 Å². The van der Waals surface area contributed by atoms with Crippen molar-refractivity contribution in [3.05, 3.63) is 84.1 Å². The molecule has 0 radical (unpaired) electrons. The van der Waals surface area contributed by atoms with Crippen molar-refractivity contribution in [2.24, 2.45) is 5.92 Å². The molecular weight excluding hydrogens is 390 g/mol. The maximum atomic E-state index is 13.4. The Labute approximate surface area is 181 Å². The number of methoxy groups -OCH3 is 1. The van der Waals surface area contributed by atoms with Crippen LogP contribution in [0.5, 0.6) is 5.75 Å². The minimum atomic E-state index is -0.496. The number of amides is 2. The Hall–Kier alpha value is -3.67. The van der Waals surface area contributed by atoms with Crippen LogP contribution in [0.4, 0.5) is 11.5 Å². The summed E-state index contributed by atoms with van der Waals surface area (Å²) in [7, 11) is 1.60. The second kappa shape index (κ2) is 9.00. The molecule has 2 heterocycles. The number of aromatic nitrogens is 1. The quantitative estimate of drug-likeness (QED) is 0.665. The third-order valence-electron chi connectivity index (χ3n) is 5.62. The molecule has 0 saturated carbocycles. The molecule has 158 valence electrons. The summed E-state index contributed by atoms with van der Waals surface area (Å²) in [6, 6.07) is 20.2. The van der Waals surface area contributed by atoms with Gasteiger partial charge in [0.25, 0.3) is 0 Å². The number of para-hydroxylation sites is 1. The van der Waals surface area contributed by atoms with Gasteiger partial charge in [-0.3, -0.25) is 9.59 Å². The SMILES string of the molecule is COc1ccccc1C1C(C(=O)Nc2ccccn2)CCC(=O)N1c1ccc(C)cc1. The number of rotatable bonds is 5. The number of pyridine rings is 1. The van der Waals surface area contributed by atoms with Crippen LogP contribution in [0, 0.1) is 12.8 Å². The number of nitrogens with zero attached hydrogens (tertiary/aromatic N) is 2. The predicted octanol–water partition coefficient (Wildman–Crippen LogP) is 4.52. The Morgan fingerprint density at radius 2 is 1.81 bits per heavy atom. The van der Waals surface area contributed by atoms with E-state index in [1.165, 1.54) is 0 Å². The Balaban J connectivity index is 1.78. The largest absolute Gasteiger partial charge is 0.496 e. The molecule has 2 aromatic carbocycles. The van der Waals surface area contributed by atoms with Gasteiger partial charge in [-0.05, 0) is 43.7 Å². The van der Waals surface area contributed by atoms with E-state index >= 15 is 0 Å². The first-order valence-corrected chi connectivity index (χ1v) is 10.3. The highest BCUT2D eigenvalue weighted by Crippen LogP contribution is 2.43. The van der Waals surface area contributed by atoms with Gasteiger partial charge >= 0.3 is 0 Å². The molecule has 1 aromatic heterocycles. The van der Waals surface area contributed by atoms with Gasteiger partial charge in [0.1, 0.15) is 11.6 Å². The van der Waals surface area contributed by atoms with Crippen molar-refractivity contribution in [3.63, 3.8) is 0 Å². The van der Waals surface area contributed by atoms with Crippen molar-refractivity contribution in [2.75, 3.05) is 17.3 Å². The van der Waals surface area contributed by atoms with Gasteiger partial charge in [-0.25, -0.2) is 4.98 Å². The highest BCUT2D eigenvalue weighted by atomic mass is 16.5. The smallest absolute Gasteiger partial charge is 0.231 e. The van der Waals surface area contributed by atoms with Crippen LogP contribution in [0.25, 0.3) is 0 Å². The zero-order valence-electron chi connectivity index (χ0n) is 17.6. The van der Waals surface area contributed by atoms with Crippen molar-refractivity contribution in [2.45, 2.75) is 25.8 Å². The van der Waals surface area contributed by atoms with Crippen LogP contribution in [-0.2, 0) is 9.59 Å². The number of hydrogen-bond donors (Lipinski definition) is 1. The van der Waals surface area contributed by atoms with E-state index in [4.69, 9.17) is 4.74 Å². The van der Waals surface area contributed by atoms with Crippen molar-refractivity contribution in [1.82, 2.24) is 4.98 Å². The summed E-state index contributed by atoms with van der Waals surface area (Å²) >= 11 is 0. The molecule has 1 saturated heterocycles. The van der Waals surface area contributed by atoms with E-state index in [1.54, 1.807) is 30.3 Å². The summed E-state index contributed by atoms with van der Waals surface area (Å²) in [5.41, 5.74) is 2.67. The monoisotopic (exact) mass is 415 g/mol. The lowest BCUT2D eigenvalue weighted by molar-refractivity contribution is -0.126. The third kappa shape index (κ3) is 4.28. The minimum Gasteiger partial charge on any atom is -0.496 e. The zero-order valence-corrected chi connectivity index (χ0v) is 17.6. The highest BCUT2D eigenvalue weighted by molar-refractivity contribution is 6.00. The molecule has 2 atom stereocenters. The van der Waals surface area contributed by atoms with Crippen molar-refractivity contribution < 1.29 is 14.3 Å². The van der Waals surface area contributed by atoms with Crippen LogP contribution in [0.1, 0.15) is 30.0 Å². The molecule has 0 bridgehead atoms. The maximum absolute atomic E-state index is 13.4. The first kappa shape index (κ1) is 20.6. The molecular formula is C25H25N3O3. The van der Waals surface area contributed by atoms with E-state index < -0.39 is 12.0 Å². The Kier molecular flexibility index (Phi) is 5.98. The van der Waals surface area contributed by atoms with Gasteiger partial charge < -0.3 is 15.0 Å². The molecule has 0 aliphatic carbocycles. The number of aryl methyl sites for hydroxylation is 1. The fourth-order valence-electron chi connectivity index (χ4n) is 4.10. The summed E-state index contributed by atoms with van der Waals surface area (Å²) in [5, 5.41) is 2.92. The summed E-state index contributed by atoms with van der Waals surface area (Å²) in [6.45, 7) is 2.00. The number of piperidine rings is 1. The standard InChI is InChI=1S/C25H25N3O3/c1-17-10-12-18(13-11-17)28-23(29)15-14-20(25(30)27-22-9-5-6-16-26-22)24(28)19-7-3-4-8-21(19)31-2/h3-13,16,20,24H,14-15H2,1-2H3,(H,26,27,30). The summed E-state index contributed by atoms with van der Waals surface area (Å²) < 4.78 is 5.60. The van der Waals surface area contributed by atoms with Gasteiger partial charge in [-0.15, -0.1) is 0 Å². The normalized spacial score (nSPS) is 18.5. The van der Waals surface area contributed by atoms with E-state index in [0.717, 1.165) is 16.8 Å². The van der Waals surface area contributed by atoms with Crippen LogP contribution in [0.2, 0.25) is 0 Å². The van der Waals surface area contributed by atoms with E-state index in [9.17, 15) is 9.59 Å². The van der Waals surface area contributed by atoms with E-state index in [2.05, 4.69) is 10.3 Å². The molecule has 31 heavy (non-hydrogen) atoms. The molecule has 1 aliphatic rings. The topological polar surface area (TPSA) is 71.5 Å². The predicted molar refractivity (Wildman–Crippen MR) is 120 cm³/mol. The molecule has 1 aliphatic heterocycles. The van der Waals surface area contributed by atoms with Gasteiger partial charge in [0.15, 0.2) is 0 Å². The molecule has 1 fully saturated rings. The second-order valence-electron chi connectivity index (χ2n) is 7.64. The van der Waals surface area contributed by atoms with E-state index in [-0.39, 0.29) is 11.8 Å². The first-order chi connectivity index (χ1) is 15.1. The Morgan fingerprint density at radius 1 is 1.06 bits per heavy atom. The van der Waals surface area contributed by atoms with Crippen molar-refractivity contribution in [1.29, 1.82) is 0 Å². The van der Waals surface area contributed by atoms with Crippen molar-refractivity contribution in [3.8, 4) is 5.75 Å². The number of hydrogen-bond acceptors (Lipinski definition) is 4. The number of nitrogens with one attached hydrogen (secondary N) is 1. The van der Waals surface area contributed by atoms with Gasteiger partial charge in [-0.2, -0.15) is 0 Å². The molecule has 3 aromatic rings. The zero-order chi connectivity index (χ0) is 21.8. The van der Waals surface area contributed by atoms with Crippen LogP contribution in [-0.4, -0.2) is 23.9 Å². The van der Waals surface area contributed by atoms with Crippen LogP contribution >= 0.6 is 0 Å². The first-order valence-electron chi connectivity index (χ1n) is 10.3. The summed E-state index contributed by atoms with van der Waals surface area (Å²) in [6.07, 6.45) is 2.37. The van der Waals surface area contributed by atoms with Crippen LogP contribution < -0.4 is 15.0 Å². The average Bonchev–Trinajstić information content (AvgIpc) is 2.80. The number of benzene rings is 2. The highest BCUT2D eigenvalue weighted by Gasteiger charge is 2.42. The average molecular weight is 415 g/mol. The van der Waals surface area contributed by atoms with Gasteiger partial charge in [0.05, 0.1) is 19.1 Å². The minimum absolute atomic E-state index is 0.0124. The molecule has 4 rings (SSSR count). The lowest BCUT2D eigenvalue weighted by Crippen LogP contribution is -2.47. The Bertz CT molecular complexity index is 1070. The second-order valence-corrected chi connectivity index (χ2v) is 7.64. The molecule has 6 heteroatoms. The van der Waals surface area contributed by atoms with Crippen LogP contribution in [0.15, 0.2) is 72.9 Å². The number of ether oxygens (including phenoxy) is 1. The number of carbonyl (C=O) groups is 2. The summed E-state index contributed by atoms with van der Waals surface area (Å²) in [4.78, 5) is 32.4. The summed E-state index contributed by atoms with van der Waals surface area (Å²) in [5.74, 6) is 0.498. The van der Waals surface area contributed by atoms with Gasteiger partial charge in [0.2, 0.25) is 11.8 Å². The van der Waals surface area contributed by atoms with Gasteiger partial charge in [0, 0.05) is 23.9 Å². The number of carbonyl (C=O) groups excluding carboxylic acids is 2. The van der Waals surface area contributed by atoms with Gasteiger partial charge in [-0.1, -0.05) is 42.0 Å². The molecule has 1 N–H and O–H groups in total. The molecule has 6 nitrogen and oxygen atoms in total.